The Kier molecular flexibility index (Phi) is 5.93. The van der Waals surface area contributed by atoms with Gasteiger partial charge >= 0.3 is 0 Å². The van der Waals surface area contributed by atoms with Crippen molar-refractivity contribution in [1.82, 2.24) is 18.4 Å². The third kappa shape index (κ3) is 2.93. The molecular weight excluding hydrogens is 488 g/mol. The van der Waals surface area contributed by atoms with E-state index in [9.17, 15) is 0 Å². The zero-order valence-corrected chi connectivity index (χ0v) is 25.9. The maximum atomic E-state index is 2.69. The van der Waals surface area contributed by atoms with Crippen LogP contribution in [0.25, 0.3) is 33.1 Å². The van der Waals surface area contributed by atoms with Gasteiger partial charge in [-0.2, -0.15) is 0 Å². The first-order valence-corrected chi connectivity index (χ1v) is 16.3. The fourth-order valence-electron chi connectivity index (χ4n) is 8.96. The van der Waals surface area contributed by atoms with Crippen LogP contribution in [0.15, 0.2) is 24.3 Å². The highest BCUT2D eigenvalue weighted by molar-refractivity contribution is 5.87. The Balaban J connectivity index is 2.00. The second-order valence-corrected chi connectivity index (χ2v) is 12.0. The lowest BCUT2D eigenvalue weighted by atomic mass is 9.85. The van der Waals surface area contributed by atoms with Crippen LogP contribution in [0.5, 0.6) is 0 Å². The minimum Gasteiger partial charge on any atom is -0.256 e. The van der Waals surface area contributed by atoms with Crippen LogP contribution in [0.1, 0.15) is 125 Å². The fourth-order valence-corrected chi connectivity index (χ4v) is 8.96. The van der Waals surface area contributed by atoms with Crippen LogP contribution in [-0.2, 0) is 38.5 Å². The summed E-state index contributed by atoms with van der Waals surface area (Å²) < 4.78 is 10.6. The maximum Gasteiger partial charge on any atom is 0.0694 e. The van der Waals surface area contributed by atoms with Gasteiger partial charge in [-0.1, -0.05) is 55.4 Å². The molecule has 0 N–H and O–H groups in total. The summed E-state index contributed by atoms with van der Waals surface area (Å²) in [5.41, 5.74) is 20.4. The van der Waals surface area contributed by atoms with E-state index in [0.717, 1.165) is 51.4 Å². The molecular formula is C36H46N4. The van der Waals surface area contributed by atoms with E-state index in [4.69, 9.17) is 0 Å². The predicted molar refractivity (Wildman–Crippen MR) is 170 cm³/mol. The number of aromatic nitrogens is 4. The minimum atomic E-state index is 0.505. The molecule has 5 aromatic heterocycles. The Labute approximate surface area is 238 Å². The lowest BCUT2D eigenvalue weighted by molar-refractivity contribution is 0.532. The second-order valence-electron chi connectivity index (χ2n) is 12.0. The van der Waals surface area contributed by atoms with E-state index in [-0.39, 0.29) is 0 Å². The van der Waals surface area contributed by atoms with E-state index in [1.165, 1.54) is 77.9 Å². The molecule has 0 amide bonds. The summed E-state index contributed by atoms with van der Waals surface area (Å²) in [6, 6.07) is 10.4. The van der Waals surface area contributed by atoms with Gasteiger partial charge < -0.3 is 0 Å². The molecule has 0 saturated carbocycles. The predicted octanol–water partition coefficient (Wildman–Crippen LogP) is 9.23. The van der Waals surface area contributed by atoms with Crippen molar-refractivity contribution in [3.8, 4) is 0 Å². The van der Waals surface area contributed by atoms with Crippen molar-refractivity contribution in [2.45, 2.75) is 119 Å². The van der Waals surface area contributed by atoms with Crippen LogP contribution in [0.2, 0.25) is 0 Å². The molecule has 2 unspecified atom stereocenters. The molecule has 0 aromatic carbocycles. The molecule has 0 spiro atoms. The quantitative estimate of drug-likeness (QED) is 0.185. The van der Waals surface area contributed by atoms with E-state index in [1.54, 1.807) is 0 Å². The largest absolute Gasteiger partial charge is 0.256 e. The molecule has 0 radical (unpaired) electrons. The van der Waals surface area contributed by atoms with Crippen LogP contribution >= 0.6 is 0 Å². The van der Waals surface area contributed by atoms with Gasteiger partial charge in [-0.3, -0.25) is 4.68 Å². The van der Waals surface area contributed by atoms with Crippen molar-refractivity contribution < 1.29 is 0 Å². The molecule has 210 valence electrons. The number of hydrogen-bond acceptors (Lipinski definition) is 0. The lowest BCUT2D eigenvalue weighted by Crippen LogP contribution is -2.13. The number of nitrogens with zero attached hydrogens (tertiary/aromatic N) is 4. The van der Waals surface area contributed by atoms with Gasteiger partial charge in [-0.25, -0.2) is 13.7 Å². The van der Waals surface area contributed by atoms with E-state index < -0.39 is 0 Å². The van der Waals surface area contributed by atoms with Gasteiger partial charge in [0.1, 0.15) is 0 Å². The molecule has 3 aliphatic rings. The van der Waals surface area contributed by atoms with Crippen LogP contribution in [0.4, 0.5) is 0 Å². The maximum absolute atomic E-state index is 2.69. The van der Waals surface area contributed by atoms with Crippen LogP contribution < -0.4 is 0 Å². The standard InChI is InChI=1S/C36H46N4/c1-9-21-22(10-2)30-18-32-25(13-5)28(16-8)36-20-34-27(15-7)26(14-6)33-19-35-24(12-4)23(11-3)31(39(35)40(32)36)17-29(21)37(30)38(33)34/h17-22H,9-16H2,1-8H3. The molecule has 0 saturated heterocycles. The van der Waals surface area contributed by atoms with Gasteiger partial charge in [0.2, 0.25) is 0 Å². The Hall–Kier alpha value is -3.14. The molecule has 5 aromatic rings. The van der Waals surface area contributed by atoms with Crippen molar-refractivity contribution in [3.05, 3.63) is 69.0 Å². The molecule has 0 fully saturated rings. The monoisotopic (exact) mass is 534 g/mol. The van der Waals surface area contributed by atoms with Crippen LogP contribution in [0.3, 0.4) is 0 Å². The van der Waals surface area contributed by atoms with E-state index >= 15 is 0 Å². The molecule has 4 heteroatoms. The SMILES string of the molecule is CCc1c(CC)c2cc3c(CC)c(CC)c4cc5n6c(cc7c(CC)c(CC)c(cc1n2-6)n7n43)C(CC)C5CC. The molecule has 12 bridgehead atoms. The molecule has 2 atom stereocenters. The highest BCUT2D eigenvalue weighted by atomic mass is 15.5. The summed E-state index contributed by atoms with van der Waals surface area (Å²) in [5, 5.41) is 0. The summed E-state index contributed by atoms with van der Waals surface area (Å²) in [4.78, 5) is 0. The molecule has 3 aliphatic heterocycles. The van der Waals surface area contributed by atoms with Crippen LogP contribution in [0, 0.1) is 0 Å². The van der Waals surface area contributed by atoms with E-state index in [0.29, 0.717) is 11.8 Å². The Morgan fingerprint density at radius 1 is 0.400 bits per heavy atom. The third-order valence-corrected chi connectivity index (χ3v) is 10.6. The molecule has 40 heavy (non-hydrogen) atoms. The van der Waals surface area contributed by atoms with Crippen molar-refractivity contribution in [2.75, 3.05) is 0 Å². The second kappa shape index (κ2) is 9.19. The number of hydrogen-bond donors (Lipinski definition) is 0. The number of aryl methyl sites for hydroxylation is 6. The minimum absolute atomic E-state index is 0.505. The molecule has 4 nitrogen and oxygen atoms in total. The van der Waals surface area contributed by atoms with Gasteiger partial charge in [0, 0.05) is 23.2 Å². The molecule has 8 heterocycles. The Bertz CT molecular complexity index is 1760. The summed E-state index contributed by atoms with van der Waals surface area (Å²) >= 11 is 0. The van der Waals surface area contributed by atoms with Crippen molar-refractivity contribution in [1.29, 1.82) is 0 Å². The van der Waals surface area contributed by atoms with E-state index in [2.05, 4.69) is 98.0 Å². The highest BCUT2D eigenvalue weighted by Gasteiger charge is 2.37. The average molecular weight is 535 g/mol. The van der Waals surface area contributed by atoms with Gasteiger partial charge in [-0.15, -0.1) is 0 Å². The fraction of sp³-hybridized carbons (Fsp3) is 0.500. The zero-order chi connectivity index (χ0) is 28.0. The molecule has 8 rings (SSSR count). The third-order valence-electron chi connectivity index (χ3n) is 10.6. The zero-order valence-electron chi connectivity index (χ0n) is 25.9. The summed E-state index contributed by atoms with van der Waals surface area (Å²) in [5.74, 6) is 1.01. The normalized spacial score (nSPS) is 17.3. The molecule has 0 aliphatic carbocycles. The van der Waals surface area contributed by atoms with Crippen molar-refractivity contribution in [3.63, 3.8) is 0 Å². The van der Waals surface area contributed by atoms with Gasteiger partial charge in [0.05, 0.1) is 33.1 Å². The van der Waals surface area contributed by atoms with Crippen molar-refractivity contribution >= 4 is 33.1 Å². The first kappa shape index (κ1) is 25.8. The topological polar surface area (TPSA) is 18.7 Å². The van der Waals surface area contributed by atoms with Gasteiger partial charge in [-0.05, 0) is 109 Å². The van der Waals surface area contributed by atoms with E-state index in [1.807, 2.05) is 0 Å². The number of rotatable bonds is 8. The Morgan fingerprint density at radius 3 is 1.00 bits per heavy atom. The lowest BCUT2D eigenvalue weighted by Gasteiger charge is -2.17. The average Bonchev–Trinajstić information content (AvgIpc) is 3.66. The van der Waals surface area contributed by atoms with Gasteiger partial charge in [0.25, 0.3) is 0 Å². The first-order valence-electron chi connectivity index (χ1n) is 16.3. The van der Waals surface area contributed by atoms with Crippen LogP contribution in [-0.4, -0.2) is 18.4 Å². The summed E-state index contributed by atoms with van der Waals surface area (Å²) in [7, 11) is 0. The van der Waals surface area contributed by atoms with Gasteiger partial charge in [0.15, 0.2) is 0 Å². The smallest absolute Gasteiger partial charge is 0.0694 e. The summed E-state index contributed by atoms with van der Waals surface area (Å²) in [6.45, 7) is 18.9. The first-order chi connectivity index (χ1) is 19.5. The summed E-state index contributed by atoms with van der Waals surface area (Å²) in [6.07, 6.45) is 8.60. The Morgan fingerprint density at radius 2 is 0.700 bits per heavy atom. The highest BCUT2D eigenvalue weighted by Crippen LogP contribution is 2.47. The van der Waals surface area contributed by atoms with Crippen molar-refractivity contribution in [2.24, 2.45) is 0 Å².